The van der Waals surface area contributed by atoms with Crippen LogP contribution in [0.25, 0.3) is 0 Å². The maximum atomic E-state index is 10.1. The van der Waals surface area contributed by atoms with Gasteiger partial charge in [-0.25, -0.2) is 0 Å². The van der Waals surface area contributed by atoms with Gasteiger partial charge in [-0.3, -0.25) is 0 Å². The van der Waals surface area contributed by atoms with Gasteiger partial charge in [-0.15, -0.1) is 0 Å². The molecule has 2 N–H and O–H groups in total. The molecular weight excluding hydrogens is 190 g/mol. The lowest BCUT2D eigenvalue weighted by atomic mass is 9.96. The highest BCUT2D eigenvalue weighted by molar-refractivity contribution is 4.79. The Labute approximate surface area is 93.2 Å². The molecule has 1 aliphatic rings. The third-order valence-corrected chi connectivity index (χ3v) is 3.64. The van der Waals surface area contributed by atoms with Crippen LogP contribution in [0.5, 0.6) is 0 Å². The summed E-state index contributed by atoms with van der Waals surface area (Å²) in [5, 5.41) is 13.4. The second kappa shape index (κ2) is 5.83. The van der Waals surface area contributed by atoms with Gasteiger partial charge >= 0.3 is 0 Å². The van der Waals surface area contributed by atoms with Crippen molar-refractivity contribution in [3.63, 3.8) is 0 Å². The molecular formula is C12H25NO2. The minimum atomic E-state index is -0.628. The Bertz CT molecular complexity index is 180. The molecule has 15 heavy (non-hydrogen) atoms. The van der Waals surface area contributed by atoms with Crippen LogP contribution in [-0.4, -0.2) is 36.5 Å². The molecule has 90 valence electrons. The van der Waals surface area contributed by atoms with Crippen molar-refractivity contribution in [2.75, 3.05) is 19.7 Å². The predicted molar refractivity (Wildman–Crippen MR) is 61.9 cm³/mol. The number of nitrogens with one attached hydrogen (secondary N) is 1. The van der Waals surface area contributed by atoms with Crippen molar-refractivity contribution < 1.29 is 9.84 Å². The van der Waals surface area contributed by atoms with E-state index in [1.165, 1.54) is 6.42 Å². The molecule has 0 radical (unpaired) electrons. The summed E-state index contributed by atoms with van der Waals surface area (Å²) in [6.45, 7) is 8.72. The minimum Gasteiger partial charge on any atom is -0.388 e. The fraction of sp³-hybridized carbons (Fsp3) is 1.00. The number of aliphatic hydroxyl groups is 1. The molecule has 0 bridgehead atoms. The van der Waals surface area contributed by atoms with Crippen LogP contribution in [0.15, 0.2) is 0 Å². The predicted octanol–water partition coefficient (Wildman–Crippen LogP) is 1.55. The van der Waals surface area contributed by atoms with Gasteiger partial charge in [-0.2, -0.15) is 0 Å². The molecule has 0 spiro atoms. The SMILES string of the molecule is CCC(O)(CC)COC1CNCCC1C. The van der Waals surface area contributed by atoms with Gasteiger partial charge in [0, 0.05) is 6.54 Å². The van der Waals surface area contributed by atoms with Crippen LogP contribution < -0.4 is 5.32 Å². The van der Waals surface area contributed by atoms with Crippen LogP contribution in [0, 0.1) is 5.92 Å². The first kappa shape index (κ1) is 12.9. The summed E-state index contributed by atoms with van der Waals surface area (Å²) in [6.07, 6.45) is 2.96. The van der Waals surface area contributed by atoms with E-state index in [-0.39, 0.29) is 6.10 Å². The monoisotopic (exact) mass is 215 g/mol. The van der Waals surface area contributed by atoms with E-state index < -0.39 is 5.60 Å². The third-order valence-electron chi connectivity index (χ3n) is 3.64. The molecule has 0 aromatic heterocycles. The Balaban J connectivity index is 2.34. The second-order valence-electron chi connectivity index (χ2n) is 4.75. The maximum absolute atomic E-state index is 10.1. The van der Waals surface area contributed by atoms with E-state index in [4.69, 9.17) is 4.74 Å². The Morgan fingerprint density at radius 2 is 2.07 bits per heavy atom. The van der Waals surface area contributed by atoms with E-state index in [1.807, 2.05) is 13.8 Å². The van der Waals surface area contributed by atoms with Crippen molar-refractivity contribution in [2.24, 2.45) is 5.92 Å². The molecule has 3 heteroatoms. The zero-order valence-electron chi connectivity index (χ0n) is 10.3. The number of rotatable bonds is 5. The Morgan fingerprint density at radius 3 is 2.60 bits per heavy atom. The van der Waals surface area contributed by atoms with Gasteiger partial charge in [0.15, 0.2) is 0 Å². The van der Waals surface area contributed by atoms with E-state index in [0.29, 0.717) is 12.5 Å². The van der Waals surface area contributed by atoms with Crippen molar-refractivity contribution in [3.05, 3.63) is 0 Å². The number of hydrogen-bond donors (Lipinski definition) is 2. The van der Waals surface area contributed by atoms with Gasteiger partial charge in [-0.05, 0) is 31.7 Å². The van der Waals surface area contributed by atoms with Gasteiger partial charge in [0.25, 0.3) is 0 Å². The molecule has 0 amide bonds. The molecule has 1 heterocycles. The second-order valence-corrected chi connectivity index (χ2v) is 4.75. The van der Waals surface area contributed by atoms with Crippen molar-refractivity contribution in [1.29, 1.82) is 0 Å². The quantitative estimate of drug-likeness (QED) is 0.731. The van der Waals surface area contributed by atoms with E-state index in [9.17, 15) is 5.11 Å². The lowest BCUT2D eigenvalue weighted by Gasteiger charge is -2.33. The smallest absolute Gasteiger partial charge is 0.0875 e. The van der Waals surface area contributed by atoms with Crippen LogP contribution in [0.4, 0.5) is 0 Å². The highest BCUT2D eigenvalue weighted by Crippen LogP contribution is 2.20. The summed E-state index contributed by atoms with van der Waals surface area (Å²) >= 11 is 0. The molecule has 1 rings (SSSR count). The Kier molecular flexibility index (Phi) is 5.03. The topological polar surface area (TPSA) is 41.5 Å². The molecule has 0 aliphatic carbocycles. The lowest BCUT2D eigenvalue weighted by molar-refractivity contribution is -0.0929. The summed E-state index contributed by atoms with van der Waals surface area (Å²) in [4.78, 5) is 0. The Hall–Kier alpha value is -0.120. The van der Waals surface area contributed by atoms with E-state index in [1.54, 1.807) is 0 Å². The fourth-order valence-electron chi connectivity index (χ4n) is 1.90. The van der Waals surface area contributed by atoms with E-state index >= 15 is 0 Å². The van der Waals surface area contributed by atoms with Gasteiger partial charge in [0.1, 0.15) is 0 Å². The highest BCUT2D eigenvalue weighted by atomic mass is 16.5. The molecule has 2 atom stereocenters. The molecule has 3 nitrogen and oxygen atoms in total. The fourth-order valence-corrected chi connectivity index (χ4v) is 1.90. The normalized spacial score (nSPS) is 28.0. The highest BCUT2D eigenvalue weighted by Gasteiger charge is 2.27. The minimum absolute atomic E-state index is 0.267. The number of piperidine rings is 1. The Morgan fingerprint density at radius 1 is 1.40 bits per heavy atom. The third kappa shape index (κ3) is 3.74. The van der Waals surface area contributed by atoms with Gasteiger partial charge in [0.05, 0.1) is 18.3 Å². The molecule has 2 unspecified atom stereocenters. The van der Waals surface area contributed by atoms with Gasteiger partial charge in [0.2, 0.25) is 0 Å². The number of hydrogen-bond acceptors (Lipinski definition) is 3. The molecule has 1 fully saturated rings. The molecule has 0 aromatic carbocycles. The van der Waals surface area contributed by atoms with Crippen LogP contribution in [0.3, 0.4) is 0 Å². The summed E-state index contributed by atoms with van der Waals surface area (Å²) in [5.41, 5.74) is -0.628. The molecule has 0 saturated carbocycles. The summed E-state index contributed by atoms with van der Waals surface area (Å²) in [7, 11) is 0. The van der Waals surface area contributed by atoms with E-state index in [0.717, 1.165) is 25.9 Å². The maximum Gasteiger partial charge on any atom is 0.0875 e. The zero-order valence-corrected chi connectivity index (χ0v) is 10.3. The van der Waals surface area contributed by atoms with Crippen molar-refractivity contribution in [1.82, 2.24) is 5.32 Å². The average molecular weight is 215 g/mol. The van der Waals surface area contributed by atoms with Crippen molar-refractivity contribution >= 4 is 0 Å². The summed E-state index contributed by atoms with van der Waals surface area (Å²) < 4.78 is 5.83. The molecule has 1 aliphatic heterocycles. The lowest BCUT2D eigenvalue weighted by Crippen LogP contribution is -2.44. The summed E-state index contributed by atoms with van der Waals surface area (Å²) in [6, 6.07) is 0. The van der Waals surface area contributed by atoms with Crippen LogP contribution in [-0.2, 0) is 4.74 Å². The molecule has 1 saturated heterocycles. The van der Waals surface area contributed by atoms with Gasteiger partial charge < -0.3 is 15.2 Å². The first-order chi connectivity index (χ1) is 7.11. The standard InChI is InChI=1S/C12H25NO2/c1-4-12(14,5-2)9-15-11-8-13-7-6-10(11)3/h10-11,13-14H,4-9H2,1-3H3. The van der Waals surface area contributed by atoms with Gasteiger partial charge in [-0.1, -0.05) is 20.8 Å². The average Bonchev–Trinajstić information content (AvgIpc) is 2.28. The van der Waals surface area contributed by atoms with Crippen molar-refractivity contribution in [2.45, 2.75) is 51.7 Å². The van der Waals surface area contributed by atoms with Crippen LogP contribution >= 0.6 is 0 Å². The van der Waals surface area contributed by atoms with Crippen molar-refractivity contribution in [3.8, 4) is 0 Å². The first-order valence-corrected chi connectivity index (χ1v) is 6.16. The van der Waals surface area contributed by atoms with E-state index in [2.05, 4.69) is 12.2 Å². The van der Waals surface area contributed by atoms with Crippen LogP contribution in [0.1, 0.15) is 40.0 Å². The van der Waals surface area contributed by atoms with Crippen LogP contribution in [0.2, 0.25) is 0 Å². The largest absolute Gasteiger partial charge is 0.388 e. The molecule has 0 aromatic rings. The first-order valence-electron chi connectivity index (χ1n) is 6.16. The zero-order chi connectivity index (χ0) is 11.3. The number of ether oxygens (including phenoxy) is 1. The summed E-state index contributed by atoms with van der Waals surface area (Å²) in [5.74, 6) is 0.601.